The van der Waals surface area contributed by atoms with E-state index in [-0.39, 0.29) is 18.1 Å². The summed E-state index contributed by atoms with van der Waals surface area (Å²) in [5.41, 5.74) is 0.499. The summed E-state index contributed by atoms with van der Waals surface area (Å²) in [5, 5.41) is 3.47. The first-order valence-electron chi connectivity index (χ1n) is 13.2. The number of hydrogen-bond donors (Lipinski definition) is 1. The zero-order valence-electron chi connectivity index (χ0n) is 22.7. The van der Waals surface area contributed by atoms with Crippen molar-refractivity contribution < 1.29 is 23.5 Å². The lowest BCUT2D eigenvalue weighted by atomic mass is 10.1. The number of halogens is 1. The number of likely N-dealkylation sites (tertiary alicyclic amines) is 1. The number of imidazole rings is 1. The highest BCUT2D eigenvalue weighted by Crippen LogP contribution is 2.30. The van der Waals surface area contributed by atoms with Crippen molar-refractivity contribution in [3.05, 3.63) is 36.4 Å². The van der Waals surface area contributed by atoms with Crippen molar-refractivity contribution in [2.45, 2.75) is 64.1 Å². The first-order chi connectivity index (χ1) is 18.6. The Kier molecular flexibility index (Phi) is 7.28. The minimum atomic E-state index is -0.576. The summed E-state index contributed by atoms with van der Waals surface area (Å²) >= 11 is 0. The van der Waals surface area contributed by atoms with Gasteiger partial charge < -0.3 is 24.6 Å². The molecule has 0 aromatic carbocycles. The fourth-order valence-corrected chi connectivity index (χ4v) is 5.11. The average molecular weight is 540 g/mol. The van der Waals surface area contributed by atoms with Crippen LogP contribution < -0.4 is 10.2 Å². The number of fused-ring (bicyclic) bond motifs is 1. The normalized spacial score (nSPS) is 19.8. The maximum Gasteiger partial charge on any atom is 0.410 e. The minimum absolute atomic E-state index is 0.0727. The fourth-order valence-electron chi connectivity index (χ4n) is 5.11. The highest BCUT2D eigenvalue weighted by Gasteiger charge is 2.34. The maximum atomic E-state index is 14.1. The van der Waals surface area contributed by atoms with Crippen LogP contribution in [0.2, 0.25) is 0 Å². The number of rotatable bonds is 5. The summed E-state index contributed by atoms with van der Waals surface area (Å²) in [5.74, 6) is 0.697. The van der Waals surface area contributed by atoms with Crippen LogP contribution in [0.5, 0.6) is 0 Å². The smallest absolute Gasteiger partial charge is 0.410 e. The predicted octanol–water partition coefficient (Wildman–Crippen LogP) is 3.88. The molecule has 2 saturated heterocycles. The van der Waals surface area contributed by atoms with E-state index < -0.39 is 17.5 Å². The quantitative estimate of drug-likeness (QED) is 0.483. The largest absolute Gasteiger partial charge is 0.467 e. The Morgan fingerprint density at radius 3 is 2.69 bits per heavy atom. The Labute approximate surface area is 226 Å². The molecule has 1 N–H and O–H groups in total. The molecule has 3 aromatic heterocycles. The number of amides is 1. The number of anilines is 2. The molecular formula is C27H34FN7O4. The first-order valence-corrected chi connectivity index (χ1v) is 13.2. The zero-order chi connectivity index (χ0) is 27.7. The summed E-state index contributed by atoms with van der Waals surface area (Å²) in [4.78, 5) is 42.7. The predicted molar refractivity (Wildman–Crippen MR) is 143 cm³/mol. The summed E-state index contributed by atoms with van der Waals surface area (Å²) in [6.07, 6.45) is 5.72. The highest BCUT2D eigenvalue weighted by molar-refractivity contribution is 5.80. The van der Waals surface area contributed by atoms with Crippen LogP contribution in [0.4, 0.5) is 20.8 Å². The van der Waals surface area contributed by atoms with Crippen molar-refractivity contribution in [3.63, 3.8) is 0 Å². The molecule has 0 aliphatic carbocycles. The molecule has 208 valence electrons. The second-order valence-electron chi connectivity index (χ2n) is 10.9. The van der Waals surface area contributed by atoms with Crippen molar-refractivity contribution in [2.75, 3.05) is 37.0 Å². The molecule has 0 bridgehead atoms. The van der Waals surface area contributed by atoms with Gasteiger partial charge in [-0.1, -0.05) is 0 Å². The van der Waals surface area contributed by atoms with E-state index in [4.69, 9.17) is 19.4 Å². The number of piperidine rings is 1. The number of methoxy groups -OCH3 is 1. The maximum absolute atomic E-state index is 14.1. The molecule has 0 radical (unpaired) electrons. The zero-order valence-corrected chi connectivity index (χ0v) is 22.7. The van der Waals surface area contributed by atoms with E-state index in [1.54, 1.807) is 27.6 Å². The molecule has 11 nitrogen and oxygen atoms in total. The van der Waals surface area contributed by atoms with E-state index >= 15 is 0 Å². The Bertz CT molecular complexity index is 1370. The monoisotopic (exact) mass is 539 g/mol. The molecule has 0 spiro atoms. The topological polar surface area (TPSA) is 114 Å². The van der Waals surface area contributed by atoms with Crippen molar-refractivity contribution in [2.24, 2.45) is 0 Å². The molecule has 1 amide bonds. The van der Waals surface area contributed by atoms with Gasteiger partial charge in [-0.15, -0.1) is 0 Å². The molecule has 2 atom stereocenters. The number of esters is 1. The van der Waals surface area contributed by atoms with Gasteiger partial charge in [0.05, 0.1) is 13.3 Å². The van der Waals surface area contributed by atoms with E-state index in [0.717, 1.165) is 19.3 Å². The Hall–Kier alpha value is -3.96. The molecule has 0 saturated carbocycles. The van der Waals surface area contributed by atoms with Crippen LogP contribution in [0.1, 0.15) is 46.5 Å². The molecule has 39 heavy (non-hydrogen) atoms. The number of pyridine rings is 1. The SMILES string of the molecule is COC(=O)[C@@H]1CCCN1c1cc(N[C@@H]2CCCN(C(=O)OC(C)(C)C)C2)nc(-c2cnc3ccc(F)cn23)n1. The number of nitrogens with one attached hydrogen (secondary N) is 1. The third kappa shape index (κ3) is 5.89. The molecule has 2 aliphatic rings. The van der Waals surface area contributed by atoms with Crippen LogP contribution in [-0.4, -0.2) is 80.7 Å². The minimum Gasteiger partial charge on any atom is -0.467 e. The summed E-state index contributed by atoms with van der Waals surface area (Å²) in [6, 6.07) is 4.21. The van der Waals surface area contributed by atoms with Crippen LogP contribution in [0, 0.1) is 5.82 Å². The first kappa shape index (κ1) is 26.6. The molecule has 5 heterocycles. The van der Waals surface area contributed by atoms with Crippen molar-refractivity contribution in [3.8, 4) is 11.5 Å². The summed E-state index contributed by atoms with van der Waals surface area (Å²) in [7, 11) is 1.38. The van der Waals surface area contributed by atoms with E-state index in [1.165, 1.54) is 19.4 Å². The Morgan fingerprint density at radius 2 is 1.92 bits per heavy atom. The molecule has 2 aliphatic heterocycles. The van der Waals surface area contributed by atoms with Gasteiger partial charge in [0.25, 0.3) is 0 Å². The van der Waals surface area contributed by atoms with Gasteiger partial charge in [-0.05, 0) is 58.6 Å². The summed E-state index contributed by atoms with van der Waals surface area (Å²) in [6.45, 7) is 7.25. The van der Waals surface area contributed by atoms with E-state index in [9.17, 15) is 14.0 Å². The van der Waals surface area contributed by atoms with Crippen LogP contribution in [0.3, 0.4) is 0 Å². The lowest BCUT2D eigenvalue weighted by Gasteiger charge is -2.34. The van der Waals surface area contributed by atoms with Gasteiger partial charge in [-0.25, -0.2) is 28.9 Å². The van der Waals surface area contributed by atoms with Crippen LogP contribution in [0.25, 0.3) is 17.2 Å². The number of nitrogens with zero attached hydrogens (tertiary/aromatic N) is 6. The van der Waals surface area contributed by atoms with Gasteiger partial charge in [-0.3, -0.25) is 4.40 Å². The molecule has 0 unspecified atom stereocenters. The summed E-state index contributed by atoms with van der Waals surface area (Å²) < 4.78 is 26.3. The third-order valence-corrected chi connectivity index (χ3v) is 6.86. The highest BCUT2D eigenvalue weighted by atomic mass is 19.1. The average Bonchev–Trinajstić information content (AvgIpc) is 3.54. The van der Waals surface area contributed by atoms with Crippen molar-refractivity contribution >= 4 is 29.3 Å². The van der Waals surface area contributed by atoms with Gasteiger partial charge in [0.15, 0.2) is 5.82 Å². The third-order valence-electron chi connectivity index (χ3n) is 6.86. The number of hydrogen-bond acceptors (Lipinski definition) is 9. The van der Waals surface area contributed by atoms with Crippen LogP contribution >= 0.6 is 0 Å². The number of carbonyl (C=O) groups is 2. The van der Waals surface area contributed by atoms with Gasteiger partial charge in [-0.2, -0.15) is 0 Å². The van der Waals surface area contributed by atoms with E-state index in [0.29, 0.717) is 54.9 Å². The van der Waals surface area contributed by atoms with Gasteiger partial charge in [0, 0.05) is 37.9 Å². The van der Waals surface area contributed by atoms with E-state index in [2.05, 4.69) is 10.3 Å². The van der Waals surface area contributed by atoms with Crippen LogP contribution in [-0.2, 0) is 14.3 Å². The molecular weight excluding hydrogens is 505 g/mol. The van der Waals surface area contributed by atoms with Gasteiger partial charge in [0.2, 0.25) is 0 Å². The van der Waals surface area contributed by atoms with Gasteiger partial charge >= 0.3 is 12.1 Å². The Balaban J connectivity index is 1.48. The lowest BCUT2D eigenvalue weighted by molar-refractivity contribution is -0.141. The number of ether oxygens (including phenoxy) is 2. The van der Waals surface area contributed by atoms with E-state index in [1.807, 2.05) is 25.7 Å². The molecule has 3 aromatic rings. The second kappa shape index (κ2) is 10.7. The van der Waals surface area contributed by atoms with Crippen LogP contribution in [0.15, 0.2) is 30.6 Å². The van der Waals surface area contributed by atoms with Gasteiger partial charge in [0.1, 0.15) is 40.4 Å². The van der Waals surface area contributed by atoms with Crippen molar-refractivity contribution in [1.82, 2.24) is 24.3 Å². The number of carbonyl (C=O) groups excluding carboxylic acids is 2. The number of aromatic nitrogens is 4. The Morgan fingerprint density at radius 1 is 1.13 bits per heavy atom. The lowest BCUT2D eigenvalue weighted by Crippen LogP contribution is -2.47. The standard InChI is InChI=1S/C27H34FN7O4/c1-27(2,3)39-26(37)33-11-5-7-18(16-33)30-21-13-23(34-12-6-8-19(34)25(36)38-4)32-24(31-21)20-14-29-22-10-9-17(28)15-35(20)22/h9-10,13-15,18-19H,5-8,11-12,16H2,1-4H3,(H,30,31,32)/t18-,19+/m1/s1. The molecule has 12 heteroatoms. The molecule has 2 fully saturated rings. The molecule has 5 rings (SSSR count). The fraction of sp³-hybridized carbons (Fsp3) is 0.519. The second-order valence-corrected chi connectivity index (χ2v) is 10.9. The van der Waals surface area contributed by atoms with Crippen molar-refractivity contribution in [1.29, 1.82) is 0 Å².